The van der Waals surface area contributed by atoms with Gasteiger partial charge in [-0.15, -0.1) is 0 Å². The highest BCUT2D eigenvalue weighted by molar-refractivity contribution is 5.74. The molecule has 2 bridgehead atoms. The summed E-state index contributed by atoms with van der Waals surface area (Å²) in [5.41, 5.74) is 2.73. The summed E-state index contributed by atoms with van der Waals surface area (Å²) >= 11 is 0. The van der Waals surface area contributed by atoms with Gasteiger partial charge in [0.15, 0.2) is 0 Å². The molecule has 0 saturated heterocycles. The van der Waals surface area contributed by atoms with E-state index >= 15 is 0 Å². The van der Waals surface area contributed by atoms with Crippen molar-refractivity contribution in [2.24, 2.45) is 16.7 Å². The molecule has 2 aliphatic carbocycles. The largest absolute Gasteiger partial charge is 0.496 e. The van der Waals surface area contributed by atoms with Crippen LogP contribution in [0.2, 0.25) is 0 Å². The number of amides is 2. The van der Waals surface area contributed by atoms with Crippen LogP contribution in [0.25, 0.3) is 0 Å². The number of fused-ring (bicyclic) bond motifs is 2. The number of nitrogens with zero attached hydrogens (tertiary/aromatic N) is 1. The van der Waals surface area contributed by atoms with Gasteiger partial charge in [-0.05, 0) is 49.0 Å². The molecule has 1 aromatic rings. The van der Waals surface area contributed by atoms with Crippen LogP contribution in [-0.2, 0) is 6.54 Å². The van der Waals surface area contributed by atoms with Crippen molar-refractivity contribution in [2.75, 3.05) is 14.2 Å². The normalized spacial score (nSPS) is 29.5. The summed E-state index contributed by atoms with van der Waals surface area (Å²) in [5, 5.41) is 3.32. The van der Waals surface area contributed by atoms with Crippen LogP contribution < -0.4 is 10.1 Å². The van der Waals surface area contributed by atoms with Crippen LogP contribution in [0, 0.1) is 23.7 Å². The number of methoxy groups -OCH3 is 1. The van der Waals surface area contributed by atoms with Crippen molar-refractivity contribution in [3.05, 3.63) is 29.3 Å². The van der Waals surface area contributed by atoms with Gasteiger partial charge in [0.05, 0.1) is 13.7 Å². The lowest BCUT2D eigenvalue weighted by Crippen LogP contribution is -2.50. The van der Waals surface area contributed by atoms with Crippen LogP contribution in [0.3, 0.4) is 0 Å². The van der Waals surface area contributed by atoms with Crippen LogP contribution in [-0.4, -0.2) is 31.1 Å². The monoisotopic (exact) mass is 344 g/mol. The highest BCUT2D eigenvalue weighted by Gasteiger charge is 2.61. The molecule has 3 rings (SSSR count). The van der Waals surface area contributed by atoms with Crippen LogP contribution in [0.4, 0.5) is 4.79 Å². The Kier molecular flexibility index (Phi) is 4.50. The number of carbonyl (C=O) groups is 1. The number of carbonyl (C=O) groups excluding carboxylic acids is 1. The van der Waals surface area contributed by atoms with Crippen molar-refractivity contribution in [3.8, 4) is 5.75 Å². The van der Waals surface area contributed by atoms with Crippen molar-refractivity contribution >= 4 is 6.03 Å². The smallest absolute Gasteiger partial charge is 0.317 e. The highest BCUT2D eigenvalue weighted by atomic mass is 16.5. The number of hydrogen-bond acceptors (Lipinski definition) is 2. The minimum absolute atomic E-state index is 0.0122. The summed E-state index contributed by atoms with van der Waals surface area (Å²) in [6, 6.07) is 6.37. The van der Waals surface area contributed by atoms with E-state index in [0.717, 1.165) is 23.7 Å². The van der Waals surface area contributed by atoms with Crippen molar-refractivity contribution in [2.45, 2.75) is 59.5 Å². The zero-order valence-corrected chi connectivity index (χ0v) is 16.5. The Morgan fingerprint density at radius 2 is 2.08 bits per heavy atom. The molecule has 0 aromatic heterocycles. The van der Waals surface area contributed by atoms with Crippen LogP contribution in [0.15, 0.2) is 18.2 Å². The molecule has 2 amide bonds. The fourth-order valence-electron chi connectivity index (χ4n) is 5.04. The van der Waals surface area contributed by atoms with E-state index in [0.29, 0.717) is 12.0 Å². The number of urea groups is 1. The molecule has 4 nitrogen and oxygen atoms in total. The van der Waals surface area contributed by atoms with Crippen molar-refractivity contribution in [3.63, 3.8) is 0 Å². The minimum Gasteiger partial charge on any atom is -0.496 e. The van der Waals surface area contributed by atoms with Crippen molar-refractivity contribution < 1.29 is 9.53 Å². The molecule has 2 fully saturated rings. The van der Waals surface area contributed by atoms with E-state index in [1.54, 1.807) is 12.0 Å². The van der Waals surface area contributed by atoms with Crippen LogP contribution >= 0.6 is 0 Å². The van der Waals surface area contributed by atoms with Gasteiger partial charge in [-0.2, -0.15) is 0 Å². The molecule has 0 heterocycles. The molecule has 0 aliphatic heterocycles. The lowest BCUT2D eigenvalue weighted by atomic mass is 9.69. The van der Waals surface area contributed by atoms with E-state index in [2.05, 4.69) is 39.1 Å². The summed E-state index contributed by atoms with van der Waals surface area (Å²) in [6.07, 6.45) is 3.62. The van der Waals surface area contributed by atoms with Gasteiger partial charge in [-0.3, -0.25) is 0 Å². The summed E-state index contributed by atoms with van der Waals surface area (Å²) in [5.74, 6) is 1.56. The zero-order valence-electron chi connectivity index (χ0n) is 16.5. The van der Waals surface area contributed by atoms with Crippen molar-refractivity contribution in [1.29, 1.82) is 0 Å². The summed E-state index contributed by atoms with van der Waals surface area (Å²) in [6.45, 7) is 9.71. The second kappa shape index (κ2) is 6.22. The Bertz CT molecular complexity index is 670. The third-order valence-corrected chi connectivity index (χ3v) is 7.28. The molecule has 0 unspecified atom stereocenters. The maximum atomic E-state index is 12.8. The number of ether oxygens (including phenoxy) is 1. The second-order valence-electron chi connectivity index (χ2n) is 8.78. The summed E-state index contributed by atoms with van der Waals surface area (Å²) < 4.78 is 5.44. The third kappa shape index (κ3) is 2.90. The molecule has 4 heteroatoms. The molecule has 0 spiro atoms. The fraction of sp³-hybridized carbons (Fsp3) is 0.667. The molecule has 25 heavy (non-hydrogen) atoms. The number of hydrogen-bond donors (Lipinski definition) is 1. The predicted molar refractivity (Wildman–Crippen MR) is 101 cm³/mol. The maximum Gasteiger partial charge on any atom is 0.317 e. The van der Waals surface area contributed by atoms with Gasteiger partial charge < -0.3 is 15.0 Å². The topological polar surface area (TPSA) is 41.6 Å². The molecule has 2 aliphatic rings. The van der Waals surface area contributed by atoms with Crippen LogP contribution in [0.1, 0.15) is 51.2 Å². The Balaban J connectivity index is 1.68. The lowest BCUT2D eigenvalue weighted by molar-refractivity contribution is 0.118. The van der Waals surface area contributed by atoms with Gasteiger partial charge in [-0.1, -0.05) is 38.5 Å². The van der Waals surface area contributed by atoms with E-state index in [4.69, 9.17) is 4.74 Å². The first-order valence-corrected chi connectivity index (χ1v) is 9.34. The van der Waals surface area contributed by atoms with Gasteiger partial charge in [0.25, 0.3) is 0 Å². The lowest BCUT2D eigenvalue weighted by Gasteiger charge is -2.40. The highest BCUT2D eigenvalue weighted by Crippen LogP contribution is 2.65. The molecule has 1 N–H and O–H groups in total. The maximum absolute atomic E-state index is 12.8. The first kappa shape index (κ1) is 18.1. The zero-order chi connectivity index (χ0) is 18.4. The SMILES string of the molecule is COc1ccc(C)cc1CN(C)C(=O)N[C@@H]1C[C@H]2CC[C@@]1(C)C2(C)C. The van der Waals surface area contributed by atoms with E-state index < -0.39 is 0 Å². The fourth-order valence-corrected chi connectivity index (χ4v) is 5.04. The Labute approximate surface area is 151 Å². The van der Waals surface area contributed by atoms with E-state index in [-0.39, 0.29) is 17.5 Å². The van der Waals surface area contributed by atoms with E-state index in [9.17, 15) is 4.79 Å². The predicted octanol–water partition coefficient (Wildman–Crippen LogP) is 4.36. The second-order valence-corrected chi connectivity index (χ2v) is 8.78. The first-order chi connectivity index (χ1) is 11.7. The third-order valence-electron chi connectivity index (χ3n) is 7.28. The molecule has 2 saturated carbocycles. The molecule has 138 valence electrons. The van der Waals surface area contributed by atoms with E-state index in [1.165, 1.54) is 18.4 Å². The number of nitrogens with one attached hydrogen (secondary N) is 1. The quantitative estimate of drug-likeness (QED) is 0.882. The van der Waals surface area contributed by atoms with Gasteiger partial charge in [0, 0.05) is 18.7 Å². The van der Waals surface area contributed by atoms with E-state index in [1.807, 2.05) is 19.2 Å². The average Bonchev–Trinajstić information content (AvgIpc) is 2.88. The average molecular weight is 344 g/mol. The molecular formula is C21H32N2O2. The van der Waals surface area contributed by atoms with Crippen LogP contribution in [0.5, 0.6) is 5.75 Å². The molecule has 0 radical (unpaired) electrons. The standard InChI is InChI=1S/C21H32N2O2/c1-14-7-8-17(25-6)15(11-14)13-23(5)19(24)22-18-12-16-9-10-21(18,4)20(16,2)3/h7-8,11,16,18H,9-10,12-13H2,1-6H3,(H,22,24)/t16-,18-,21-/m1/s1. The number of rotatable bonds is 4. The van der Waals surface area contributed by atoms with Crippen molar-refractivity contribution in [1.82, 2.24) is 10.2 Å². The Hall–Kier alpha value is -1.71. The first-order valence-electron chi connectivity index (χ1n) is 9.34. The molecular weight excluding hydrogens is 312 g/mol. The van der Waals surface area contributed by atoms with Gasteiger partial charge >= 0.3 is 6.03 Å². The van der Waals surface area contributed by atoms with Gasteiger partial charge in [0.1, 0.15) is 5.75 Å². The summed E-state index contributed by atoms with van der Waals surface area (Å²) in [7, 11) is 3.53. The number of benzene rings is 1. The minimum atomic E-state index is 0.0122. The molecule has 3 atom stereocenters. The van der Waals surface area contributed by atoms with Gasteiger partial charge in [0.2, 0.25) is 0 Å². The Morgan fingerprint density at radius 3 is 2.64 bits per heavy atom. The molecule has 1 aromatic carbocycles. The summed E-state index contributed by atoms with van der Waals surface area (Å²) in [4.78, 5) is 14.6. The Morgan fingerprint density at radius 1 is 1.36 bits per heavy atom. The van der Waals surface area contributed by atoms with Gasteiger partial charge in [-0.25, -0.2) is 4.79 Å². The number of aryl methyl sites for hydroxylation is 1.